The van der Waals surface area contributed by atoms with E-state index in [4.69, 9.17) is 4.42 Å². The molecule has 0 aliphatic rings. The molecule has 192 valence electrons. The second-order valence-electron chi connectivity index (χ2n) is 8.56. The molecule has 4 rings (SSSR count). The van der Waals surface area contributed by atoms with E-state index in [0.29, 0.717) is 22.5 Å². The third kappa shape index (κ3) is 6.24. The molecule has 0 aliphatic carbocycles. The first-order valence-electron chi connectivity index (χ1n) is 11.3. The molecule has 9 heteroatoms. The van der Waals surface area contributed by atoms with Gasteiger partial charge in [0, 0.05) is 5.56 Å². The smallest absolute Gasteiger partial charge is 0.416 e. The van der Waals surface area contributed by atoms with Gasteiger partial charge in [-0.25, -0.2) is 8.78 Å². The van der Waals surface area contributed by atoms with Crippen LogP contribution in [0.4, 0.5) is 22.0 Å². The van der Waals surface area contributed by atoms with Crippen LogP contribution in [-0.4, -0.2) is 17.1 Å². The molecule has 4 aromatic rings. The number of carbonyl (C=O) groups is 1. The van der Waals surface area contributed by atoms with E-state index >= 15 is 0 Å². The predicted octanol–water partition coefficient (Wildman–Crippen LogP) is 6.63. The van der Waals surface area contributed by atoms with E-state index in [1.807, 2.05) is 0 Å². The van der Waals surface area contributed by atoms with Crippen molar-refractivity contribution in [3.8, 4) is 11.3 Å². The van der Waals surface area contributed by atoms with Gasteiger partial charge in [-0.3, -0.25) is 4.79 Å². The molecule has 37 heavy (non-hydrogen) atoms. The normalized spacial score (nSPS) is 13.3. The standard InChI is InChI=1S/C28H22F5NO3/c1-16-23(15-25(37-16)18-4-10-21(29)11-5-18)27(36)34-24(26(35)19-6-12-22(30)13-7-19)14-17-2-8-20(9-3-17)28(31,32)33/h2-13,15,24,26,35H,14H2,1H3,(H,34,36). The van der Waals surface area contributed by atoms with Gasteiger partial charge < -0.3 is 14.8 Å². The zero-order valence-electron chi connectivity index (χ0n) is 19.5. The minimum absolute atomic E-state index is 0.00978. The fourth-order valence-electron chi connectivity index (χ4n) is 3.93. The molecular weight excluding hydrogens is 493 g/mol. The van der Waals surface area contributed by atoms with Gasteiger partial charge in [-0.05, 0) is 79.1 Å². The van der Waals surface area contributed by atoms with E-state index in [9.17, 15) is 31.9 Å². The number of aliphatic hydroxyl groups is 1. The summed E-state index contributed by atoms with van der Waals surface area (Å²) in [4.78, 5) is 13.2. The highest BCUT2D eigenvalue weighted by molar-refractivity contribution is 5.96. The number of benzene rings is 3. The molecular formula is C28H22F5NO3. The van der Waals surface area contributed by atoms with Gasteiger partial charge in [0.25, 0.3) is 5.91 Å². The number of aliphatic hydroxyl groups excluding tert-OH is 1. The van der Waals surface area contributed by atoms with Crippen molar-refractivity contribution in [3.63, 3.8) is 0 Å². The summed E-state index contributed by atoms with van der Waals surface area (Å²) in [5, 5.41) is 13.7. The van der Waals surface area contributed by atoms with Gasteiger partial charge in [-0.2, -0.15) is 13.2 Å². The van der Waals surface area contributed by atoms with E-state index in [0.717, 1.165) is 24.3 Å². The van der Waals surface area contributed by atoms with Gasteiger partial charge in [0.2, 0.25) is 0 Å². The number of alkyl halides is 3. The quantitative estimate of drug-likeness (QED) is 0.272. The lowest BCUT2D eigenvalue weighted by Crippen LogP contribution is -2.41. The van der Waals surface area contributed by atoms with Crippen molar-refractivity contribution in [2.75, 3.05) is 0 Å². The van der Waals surface area contributed by atoms with Crippen molar-refractivity contribution in [3.05, 3.63) is 119 Å². The molecule has 1 heterocycles. The Morgan fingerprint density at radius 3 is 2.05 bits per heavy atom. The minimum atomic E-state index is -4.50. The van der Waals surface area contributed by atoms with Crippen LogP contribution in [0.1, 0.15) is 38.9 Å². The molecule has 0 aliphatic heterocycles. The topological polar surface area (TPSA) is 62.5 Å². The summed E-state index contributed by atoms with van der Waals surface area (Å²) in [6.45, 7) is 1.57. The minimum Gasteiger partial charge on any atom is -0.461 e. The lowest BCUT2D eigenvalue weighted by Gasteiger charge is -2.25. The third-order valence-corrected chi connectivity index (χ3v) is 5.94. The van der Waals surface area contributed by atoms with Gasteiger partial charge in [0.05, 0.1) is 23.3 Å². The van der Waals surface area contributed by atoms with E-state index in [-0.39, 0.29) is 17.7 Å². The van der Waals surface area contributed by atoms with Crippen LogP contribution in [0.25, 0.3) is 11.3 Å². The maximum atomic E-state index is 13.4. The van der Waals surface area contributed by atoms with E-state index in [1.165, 1.54) is 54.6 Å². The average molecular weight is 515 g/mol. The highest BCUT2D eigenvalue weighted by atomic mass is 19.4. The van der Waals surface area contributed by atoms with Crippen LogP contribution in [0, 0.1) is 18.6 Å². The maximum Gasteiger partial charge on any atom is 0.416 e. The van der Waals surface area contributed by atoms with Crippen molar-refractivity contribution in [1.29, 1.82) is 0 Å². The second kappa shape index (κ2) is 10.6. The Balaban J connectivity index is 1.60. The van der Waals surface area contributed by atoms with Gasteiger partial charge in [0.1, 0.15) is 23.2 Å². The molecule has 0 saturated carbocycles. The Morgan fingerprint density at radius 2 is 1.49 bits per heavy atom. The molecule has 0 fully saturated rings. The summed E-state index contributed by atoms with van der Waals surface area (Å²) >= 11 is 0. The lowest BCUT2D eigenvalue weighted by molar-refractivity contribution is -0.137. The summed E-state index contributed by atoms with van der Waals surface area (Å²) in [5.74, 6) is -0.914. The SMILES string of the molecule is Cc1oc(-c2ccc(F)cc2)cc1C(=O)NC(Cc1ccc(C(F)(F)F)cc1)C(O)c1ccc(F)cc1. The average Bonchev–Trinajstić information content (AvgIpc) is 3.25. The fourth-order valence-corrected chi connectivity index (χ4v) is 3.93. The molecule has 3 aromatic carbocycles. The van der Waals surface area contributed by atoms with Crippen molar-refractivity contribution < 1.29 is 36.3 Å². The predicted molar refractivity (Wildman–Crippen MR) is 127 cm³/mol. The highest BCUT2D eigenvalue weighted by Crippen LogP contribution is 2.30. The number of aryl methyl sites for hydroxylation is 1. The van der Waals surface area contributed by atoms with E-state index < -0.39 is 41.4 Å². The number of carbonyl (C=O) groups excluding carboxylic acids is 1. The Hall–Kier alpha value is -3.98. The molecule has 2 unspecified atom stereocenters. The number of furan rings is 1. The maximum absolute atomic E-state index is 13.4. The number of hydrogen-bond acceptors (Lipinski definition) is 3. The molecule has 2 atom stereocenters. The van der Waals surface area contributed by atoms with Crippen LogP contribution in [0.3, 0.4) is 0 Å². The van der Waals surface area contributed by atoms with Crippen molar-refractivity contribution in [1.82, 2.24) is 5.32 Å². The Kier molecular flexibility index (Phi) is 7.45. The number of rotatable bonds is 7. The molecule has 4 nitrogen and oxygen atoms in total. The second-order valence-corrected chi connectivity index (χ2v) is 8.56. The van der Waals surface area contributed by atoms with E-state index in [1.54, 1.807) is 6.92 Å². The van der Waals surface area contributed by atoms with Crippen LogP contribution in [-0.2, 0) is 12.6 Å². The van der Waals surface area contributed by atoms with Crippen molar-refractivity contribution in [2.24, 2.45) is 0 Å². The Bertz CT molecular complexity index is 1360. The molecule has 0 saturated heterocycles. The highest BCUT2D eigenvalue weighted by Gasteiger charge is 2.31. The Labute approximate surface area is 209 Å². The monoisotopic (exact) mass is 515 g/mol. The largest absolute Gasteiger partial charge is 0.461 e. The first-order valence-corrected chi connectivity index (χ1v) is 11.3. The molecule has 0 spiro atoms. The van der Waals surface area contributed by atoms with Crippen LogP contribution in [0.15, 0.2) is 83.3 Å². The molecule has 0 radical (unpaired) electrons. The number of hydrogen-bond donors (Lipinski definition) is 2. The molecule has 1 amide bonds. The summed E-state index contributed by atoms with van der Waals surface area (Å²) in [6, 6.07) is 15.5. The van der Waals surface area contributed by atoms with Crippen molar-refractivity contribution >= 4 is 5.91 Å². The first kappa shape index (κ1) is 26.1. The zero-order chi connectivity index (χ0) is 26.7. The fraction of sp³-hybridized carbons (Fsp3) is 0.179. The van der Waals surface area contributed by atoms with Crippen LogP contribution in [0.2, 0.25) is 0 Å². The molecule has 2 N–H and O–H groups in total. The molecule has 0 bridgehead atoms. The van der Waals surface area contributed by atoms with Gasteiger partial charge in [0.15, 0.2) is 0 Å². The number of halogens is 5. The van der Waals surface area contributed by atoms with Gasteiger partial charge in [-0.15, -0.1) is 0 Å². The Morgan fingerprint density at radius 1 is 0.919 bits per heavy atom. The number of amides is 1. The summed E-state index contributed by atoms with van der Waals surface area (Å²) in [5.41, 5.74) is 0.655. The summed E-state index contributed by atoms with van der Waals surface area (Å²) < 4.78 is 71.2. The summed E-state index contributed by atoms with van der Waals surface area (Å²) in [6.07, 6.45) is -5.80. The van der Waals surface area contributed by atoms with Crippen LogP contribution < -0.4 is 5.32 Å². The van der Waals surface area contributed by atoms with Crippen LogP contribution >= 0.6 is 0 Å². The third-order valence-electron chi connectivity index (χ3n) is 5.94. The van der Waals surface area contributed by atoms with Gasteiger partial charge >= 0.3 is 6.18 Å². The number of nitrogens with one attached hydrogen (secondary N) is 1. The summed E-state index contributed by atoms with van der Waals surface area (Å²) in [7, 11) is 0. The van der Waals surface area contributed by atoms with Gasteiger partial charge in [-0.1, -0.05) is 24.3 Å². The lowest BCUT2D eigenvalue weighted by atomic mass is 9.95. The van der Waals surface area contributed by atoms with Crippen molar-refractivity contribution in [2.45, 2.75) is 31.7 Å². The van der Waals surface area contributed by atoms with E-state index in [2.05, 4.69) is 5.32 Å². The zero-order valence-corrected chi connectivity index (χ0v) is 19.5. The molecule has 1 aromatic heterocycles. The van der Waals surface area contributed by atoms with Crippen LogP contribution in [0.5, 0.6) is 0 Å². The first-order chi connectivity index (χ1) is 17.5.